The molecule has 0 heterocycles. The molecular weight excluding hydrogens is 279 g/mol. The first kappa shape index (κ1) is 17.7. The Bertz CT molecular complexity index is 299. The Morgan fingerprint density at radius 2 is 1.67 bits per heavy atom. The summed E-state index contributed by atoms with van der Waals surface area (Å²) in [5.74, 6) is 0. The van der Waals surface area contributed by atoms with E-state index in [1.165, 1.54) is 18.2 Å². The zero-order chi connectivity index (χ0) is 14.3. The van der Waals surface area contributed by atoms with Crippen molar-refractivity contribution in [3.8, 4) is 0 Å². The summed E-state index contributed by atoms with van der Waals surface area (Å²) < 4.78 is 29.0. The molecule has 0 rings (SSSR count). The SMILES string of the molecule is CNC(=O)OSN(C)P(=O)(OC(C)C)OC(C)C. The lowest BCUT2D eigenvalue weighted by Crippen LogP contribution is -2.21. The van der Waals surface area contributed by atoms with Crippen LogP contribution in [0.2, 0.25) is 0 Å². The maximum atomic E-state index is 12.5. The van der Waals surface area contributed by atoms with Crippen molar-refractivity contribution in [1.29, 1.82) is 0 Å². The average Bonchev–Trinajstić information content (AvgIpc) is 2.22. The monoisotopic (exact) mass is 300 g/mol. The topological polar surface area (TPSA) is 77.1 Å². The summed E-state index contributed by atoms with van der Waals surface area (Å²) in [6, 6.07) is 0. The van der Waals surface area contributed by atoms with Crippen LogP contribution in [0.5, 0.6) is 0 Å². The molecule has 18 heavy (non-hydrogen) atoms. The third kappa shape index (κ3) is 6.61. The van der Waals surface area contributed by atoms with Crippen LogP contribution in [0.4, 0.5) is 4.79 Å². The Labute approximate surface area is 112 Å². The molecule has 0 unspecified atom stereocenters. The second kappa shape index (κ2) is 8.01. The van der Waals surface area contributed by atoms with E-state index in [4.69, 9.17) is 13.2 Å². The Balaban J connectivity index is 4.63. The molecule has 0 aliphatic heterocycles. The van der Waals surface area contributed by atoms with Crippen LogP contribution in [-0.2, 0) is 17.8 Å². The minimum atomic E-state index is -3.50. The van der Waals surface area contributed by atoms with E-state index in [-0.39, 0.29) is 12.2 Å². The fourth-order valence-electron chi connectivity index (χ4n) is 0.861. The van der Waals surface area contributed by atoms with E-state index in [1.807, 2.05) is 0 Å². The van der Waals surface area contributed by atoms with Gasteiger partial charge < -0.3 is 9.50 Å². The number of hydrogen-bond acceptors (Lipinski definition) is 6. The van der Waals surface area contributed by atoms with E-state index in [1.54, 1.807) is 27.7 Å². The predicted molar refractivity (Wildman–Crippen MR) is 70.9 cm³/mol. The van der Waals surface area contributed by atoms with Crippen molar-refractivity contribution in [3.63, 3.8) is 0 Å². The van der Waals surface area contributed by atoms with Crippen molar-refractivity contribution in [2.24, 2.45) is 0 Å². The van der Waals surface area contributed by atoms with Crippen molar-refractivity contribution in [3.05, 3.63) is 0 Å². The van der Waals surface area contributed by atoms with Gasteiger partial charge in [-0.2, -0.15) is 0 Å². The van der Waals surface area contributed by atoms with Crippen LogP contribution >= 0.6 is 20.0 Å². The third-order valence-corrected chi connectivity index (χ3v) is 4.77. The first-order valence-corrected chi connectivity index (χ1v) is 7.68. The molecule has 0 aromatic carbocycles. The minimum absolute atomic E-state index is 0.280. The molecule has 1 N–H and O–H groups in total. The maximum absolute atomic E-state index is 12.5. The molecule has 0 fully saturated rings. The molecule has 0 spiro atoms. The molecule has 0 atom stereocenters. The van der Waals surface area contributed by atoms with E-state index < -0.39 is 13.8 Å². The highest BCUT2D eigenvalue weighted by atomic mass is 32.2. The molecule has 0 aliphatic rings. The van der Waals surface area contributed by atoms with Crippen LogP contribution in [-0.4, -0.2) is 36.5 Å². The Hall–Kier alpha value is -0.270. The van der Waals surface area contributed by atoms with Gasteiger partial charge >= 0.3 is 13.8 Å². The van der Waals surface area contributed by atoms with Gasteiger partial charge in [0.05, 0.1) is 12.2 Å². The number of nitrogens with zero attached hydrogens (tertiary/aromatic N) is 1. The van der Waals surface area contributed by atoms with Crippen molar-refractivity contribution < 1.29 is 22.6 Å². The van der Waals surface area contributed by atoms with Crippen molar-refractivity contribution in [2.45, 2.75) is 39.9 Å². The fourth-order valence-corrected chi connectivity index (χ4v) is 3.16. The quantitative estimate of drug-likeness (QED) is 0.440. The lowest BCUT2D eigenvalue weighted by Gasteiger charge is -2.27. The molecule has 0 bridgehead atoms. The Kier molecular flexibility index (Phi) is 7.89. The minimum Gasteiger partial charge on any atom is -0.358 e. The van der Waals surface area contributed by atoms with Gasteiger partial charge in [-0.1, -0.05) is 0 Å². The van der Waals surface area contributed by atoms with Gasteiger partial charge in [0, 0.05) is 14.1 Å². The van der Waals surface area contributed by atoms with Crippen LogP contribution < -0.4 is 5.32 Å². The summed E-state index contributed by atoms with van der Waals surface area (Å²) in [7, 11) is -0.598. The second-order valence-corrected chi connectivity index (χ2v) is 7.03. The normalized spacial score (nSPS) is 12.3. The highest BCUT2D eigenvalue weighted by molar-refractivity contribution is 7.97. The molecule has 0 aromatic heterocycles. The van der Waals surface area contributed by atoms with Gasteiger partial charge in [-0.3, -0.25) is 9.05 Å². The van der Waals surface area contributed by atoms with Gasteiger partial charge in [-0.05, 0) is 27.7 Å². The summed E-state index contributed by atoms with van der Waals surface area (Å²) in [6.07, 6.45) is -1.21. The Morgan fingerprint density at radius 3 is 2.00 bits per heavy atom. The van der Waals surface area contributed by atoms with Gasteiger partial charge in [0.25, 0.3) is 0 Å². The predicted octanol–water partition coefficient (Wildman–Crippen LogP) is 2.80. The first-order valence-electron chi connectivity index (χ1n) is 5.48. The summed E-state index contributed by atoms with van der Waals surface area (Å²) in [6.45, 7) is 6.98. The standard InChI is InChI=1S/C9H21N2O5PS/c1-7(2)14-17(13,15-8(3)4)11(6)18-16-9(12)10-5/h7-8H,1-6H3,(H,10,12). The van der Waals surface area contributed by atoms with Gasteiger partial charge in [0.1, 0.15) is 0 Å². The van der Waals surface area contributed by atoms with E-state index >= 15 is 0 Å². The van der Waals surface area contributed by atoms with Crippen molar-refractivity contribution in [2.75, 3.05) is 14.1 Å². The van der Waals surface area contributed by atoms with Crippen LogP contribution in [0.25, 0.3) is 0 Å². The fraction of sp³-hybridized carbons (Fsp3) is 0.889. The lowest BCUT2D eigenvalue weighted by molar-refractivity contribution is 0.125. The van der Waals surface area contributed by atoms with Crippen molar-refractivity contribution in [1.82, 2.24) is 9.39 Å². The highest BCUT2D eigenvalue weighted by Gasteiger charge is 2.35. The molecule has 0 aromatic rings. The molecule has 1 amide bonds. The Morgan fingerprint density at radius 1 is 1.22 bits per heavy atom. The molecule has 7 nitrogen and oxygen atoms in total. The number of rotatable bonds is 7. The summed E-state index contributed by atoms with van der Waals surface area (Å²) in [5.41, 5.74) is 0. The molecular formula is C9H21N2O5PS. The van der Waals surface area contributed by atoms with E-state index in [0.717, 1.165) is 0 Å². The second-order valence-electron chi connectivity index (χ2n) is 3.94. The number of nitrogens with one attached hydrogen (secondary N) is 1. The van der Waals surface area contributed by atoms with E-state index in [9.17, 15) is 9.36 Å². The van der Waals surface area contributed by atoms with Crippen molar-refractivity contribution >= 4 is 26.1 Å². The van der Waals surface area contributed by atoms with Crippen LogP contribution in [0.1, 0.15) is 27.7 Å². The smallest absolute Gasteiger partial charge is 0.358 e. The van der Waals surface area contributed by atoms with Gasteiger partial charge in [-0.25, -0.2) is 9.36 Å². The average molecular weight is 300 g/mol. The number of carbonyl (C=O) groups is 1. The van der Waals surface area contributed by atoms with E-state index in [0.29, 0.717) is 12.2 Å². The summed E-state index contributed by atoms with van der Waals surface area (Å²) >= 11 is 0.608. The molecule has 0 radical (unpaired) electrons. The van der Waals surface area contributed by atoms with E-state index in [2.05, 4.69) is 5.32 Å². The maximum Gasteiger partial charge on any atom is 0.420 e. The van der Waals surface area contributed by atoms with Gasteiger partial charge in [0.2, 0.25) is 0 Å². The number of amides is 1. The van der Waals surface area contributed by atoms with Crippen LogP contribution in [0.3, 0.4) is 0 Å². The summed E-state index contributed by atoms with van der Waals surface area (Å²) in [4.78, 5) is 10.9. The molecule has 0 aliphatic carbocycles. The molecule has 108 valence electrons. The third-order valence-electron chi connectivity index (χ3n) is 1.46. The molecule has 9 heteroatoms. The zero-order valence-corrected chi connectivity index (χ0v) is 13.2. The first-order chi connectivity index (χ1) is 8.21. The lowest BCUT2D eigenvalue weighted by atomic mass is 10.5. The molecule has 0 saturated carbocycles. The highest BCUT2D eigenvalue weighted by Crippen LogP contribution is 2.56. The molecule has 0 saturated heterocycles. The van der Waals surface area contributed by atoms with Gasteiger partial charge in [0.15, 0.2) is 12.2 Å². The van der Waals surface area contributed by atoms with Gasteiger partial charge in [-0.15, -0.1) is 4.08 Å². The number of carbonyl (C=O) groups excluding carboxylic acids is 1. The number of hydrogen-bond donors (Lipinski definition) is 1. The largest absolute Gasteiger partial charge is 0.420 e. The zero-order valence-electron chi connectivity index (χ0n) is 11.5. The van der Waals surface area contributed by atoms with Crippen LogP contribution in [0.15, 0.2) is 0 Å². The summed E-state index contributed by atoms with van der Waals surface area (Å²) in [5, 5.41) is 2.27. The van der Waals surface area contributed by atoms with Crippen LogP contribution in [0, 0.1) is 0 Å².